The Labute approximate surface area is 93.1 Å². The first kappa shape index (κ1) is 8.99. The molecule has 0 bridgehead atoms. The van der Waals surface area contributed by atoms with Crippen LogP contribution < -0.4 is 51.4 Å². The number of hydrogen-bond acceptors (Lipinski definition) is 0. The summed E-state index contributed by atoms with van der Waals surface area (Å²) in [5.41, 5.74) is 2.78. The number of hydrogen-bond donors (Lipinski definition) is 0. The summed E-state index contributed by atoms with van der Waals surface area (Å²) in [6, 6.07) is 6.31. The molecule has 0 heterocycles. The molecule has 0 aliphatic carbocycles. The van der Waals surface area contributed by atoms with Gasteiger partial charge in [-0.15, -0.1) is 0 Å². The fourth-order valence-electron chi connectivity index (χ4n) is 0.600. The van der Waals surface area contributed by atoms with Gasteiger partial charge in [-0.25, -0.2) is 12.1 Å². The van der Waals surface area contributed by atoms with Gasteiger partial charge in [0.1, 0.15) is 0 Å². The number of aryl methyl sites for hydroxylation is 2. The predicted octanol–water partition coefficient (Wildman–Crippen LogP) is -0.974. The van der Waals surface area contributed by atoms with Gasteiger partial charge in [0.15, 0.2) is 0 Å². The van der Waals surface area contributed by atoms with Crippen molar-refractivity contribution in [3.63, 3.8) is 0 Å². The van der Waals surface area contributed by atoms with Crippen LogP contribution in [0.15, 0.2) is 18.2 Å². The Morgan fingerprint density at radius 2 is 2.12 bits per heavy atom. The third-order valence-electron chi connectivity index (χ3n) is 1.31. The zero-order valence-corrected chi connectivity index (χ0v) is 8.86. The SMILES string of the molecule is Cc1ccc[c-]1C.[K+]. The summed E-state index contributed by atoms with van der Waals surface area (Å²) in [4.78, 5) is 0. The Morgan fingerprint density at radius 3 is 2.25 bits per heavy atom. The third-order valence-corrected chi connectivity index (χ3v) is 1.31. The van der Waals surface area contributed by atoms with Crippen LogP contribution in [0.4, 0.5) is 0 Å². The Morgan fingerprint density at radius 1 is 1.50 bits per heavy atom. The van der Waals surface area contributed by atoms with Crippen molar-refractivity contribution in [2.45, 2.75) is 13.8 Å². The molecule has 0 aliphatic rings. The zero-order valence-electron chi connectivity index (χ0n) is 5.73. The van der Waals surface area contributed by atoms with Crippen molar-refractivity contribution in [2.75, 3.05) is 0 Å². The van der Waals surface area contributed by atoms with Crippen LogP contribution in [0, 0.1) is 13.8 Å². The molecular formula is C7H9K. The summed E-state index contributed by atoms with van der Waals surface area (Å²) in [5, 5.41) is 0. The molecule has 0 saturated carbocycles. The molecule has 1 aromatic rings. The van der Waals surface area contributed by atoms with Crippen molar-refractivity contribution >= 4 is 0 Å². The topological polar surface area (TPSA) is 0 Å². The molecule has 0 spiro atoms. The maximum atomic E-state index is 2.12. The minimum Gasteiger partial charge on any atom is -0.213 e. The van der Waals surface area contributed by atoms with E-state index in [1.807, 2.05) is 0 Å². The van der Waals surface area contributed by atoms with Gasteiger partial charge in [0.2, 0.25) is 0 Å². The summed E-state index contributed by atoms with van der Waals surface area (Å²) in [6.07, 6.45) is 0. The Hall–Kier alpha value is 0.986. The molecule has 38 valence electrons. The molecule has 0 unspecified atom stereocenters. The number of rotatable bonds is 0. The average molecular weight is 132 g/mol. The van der Waals surface area contributed by atoms with Gasteiger partial charge in [0.25, 0.3) is 0 Å². The molecule has 0 amide bonds. The first-order chi connectivity index (χ1) is 3.30. The van der Waals surface area contributed by atoms with E-state index in [9.17, 15) is 0 Å². The molecule has 8 heavy (non-hydrogen) atoms. The van der Waals surface area contributed by atoms with E-state index in [0.29, 0.717) is 0 Å². The van der Waals surface area contributed by atoms with Crippen molar-refractivity contribution in [3.05, 3.63) is 29.3 Å². The van der Waals surface area contributed by atoms with E-state index in [2.05, 4.69) is 32.0 Å². The van der Waals surface area contributed by atoms with Crippen LogP contribution in [-0.2, 0) is 0 Å². The Bertz CT molecular complexity index is 137. The molecule has 0 aromatic heterocycles. The molecule has 0 fully saturated rings. The average Bonchev–Trinajstić information content (AvgIpc) is 1.91. The Kier molecular flexibility index (Phi) is 4.39. The standard InChI is InChI=1S/C7H9.K/c1-6-4-3-5-7(6)2;/h3-5H,1-2H3;/q-1;+1. The Balaban J connectivity index is 0.000000490. The minimum absolute atomic E-state index is 0. The zero-order chi connectivity index (χ0) is 5.28. The molecule has 0 nitrogen and oxygen atoms in total. The van der Waals surface area contributed by atoms with Crippen LogP contribution in [0.2, 0.25) is 0 Å². The van der Waals surface area contributed by atoms with Gasteiger partial charge in [-0.3, -0.25) is 0 Å². The fraction of sp³-hybridized carbons (Fsp3) is 0.286. The van der Waals surface area contributed by atoms with Crippen molar-refractivity contribution in [3.8, 4) is 0 Å². The predicted molar refractivity (Wildman–Crippen MR) is 31.5 cm³/mol. The molecule has 0 saturated heterocycles. The second-order valence-corrected chi connectivity index (χ2v) is 1.89. The van der Waals surface area contributed by atoms with Crippen LogP contribution in [-0.4, -0.2) is 0 Å². The van der Waals surface area contributed by atoms with Gasteiger partial charge in [0, 0.05) is 0 Å². The second-order valence-electron chi connectivity index (χ2n) is 1.89. The summed E-state index contributed by atoms with van der Waals surface area (Å²) < 4.78 is 0. The van der Waals surface area contributed by atoms with Gasteiger partial charge in [-0.1, -0.05) is 13.8 Å². The van der Waals surface area contributed by atoms with Gasteiger partial charge in [-0.2, -0.15) is 17.2 Å². The first-order valence-electron chi connectivity index (χ1n) is 2.49. The van der Waals surface area contributed by atoms with E-state index in [4.69, 9.17) is 0 Å². The second kappa shape index (κ2) is 3.91. The molecule has 1 heteroatoms. The van der Waals surface area contributed by atoms with E-state index >= 15 is 0 Å². The largest absolute Gasteiger partial charge is 1.00 e. The summed E-state index contributed by atoms with van der Waals surface area (Å²) in [7, 11) is 0. The van der Waals surface area contributed by atoms with Crippen molar-refractivity contribution < 1.29 is 51.4 Å². The molecule has 1 rings (SSSR count). The quantitative estimate of drug-likeness (QED) is 0.315. The van der Waals surface area contributed by atoms with Crippen LogP contribution in [0.25, 0.3) is 0 Å². The summed E-state index contributed by atoms with van der Waals surface area (Å²) >= 11 is 0. The van der Waals surface area contributed by atoms with Crippen LogP contribution in [0.5, 0.6) is 0 Å². The minimum atomic E-state index is 0. The normalized spacial score (nSPS) is 8.25. The van der Waals surface area contributed by atoms with Gasteiger partial charge >= 0.3 is 51.4 Å². The van der Waals surface area contributed by atoms with E-state index in [1.54, 1.807) is 0 Å². The van der Waals surface area contributed by atoms with E-state index in [1.165, 1.54) is 11.1 Å². The van der Waals surface area contributed by atoms with Crippen molar-refractivity contribution in [2.24, 2.45) is 0 Å². The summed E-state index contributed by atoms with van der Waals surface area (Å²) in [5.74, 6) is 0. The van der Waals surface area contributed by atoms with Gasteiger partial charge < -0.3 is 0 Å². The smallest absolute Gasteiger partial charge is 0.213 e. The van der Waals surface area contributed by atoms with Crippen molar-refractivity contribution in [1.82, 2.24) is 0 Å². The monoisotopic (exact) mass is 132 g/mol. The molecule has 0 radical (unpaired) electrons. The van der Waals surface area contributed by atoms with E-state index in [-0.39, 0.29) is 51.4 Å². The van der Waals surface area contributed by atoms with Crippen LogP contribution >= 0.6 is 0 Å². The maximum Gasteiger partial charge on any atom is 1.00 e. The van der Waals surface area contributed by atoms with Crippen molar-refractivity contribution in [1.29, 1.82) is 0 Å². The first-order valence-corrected chi connectivity index (χ1v) is 2.49. The fourth-order valence-corrected chi connectivity index (χ4v) is 0.600. The maximum absolute atomic E-state index is 2.12. The summed E-state index contributed by atoms with van der Waals surface area (Å²) in [6.45, 7) is 4.24. The molecule has 0 aliphatic heterocycles. The molecule has 1 aromatic carbocycles. The van der Waals surface area contributed by atoms with Crippen LogP contribution in [0.1, 0.15) is 11.1 Å². The molecule has 0 atom stereocenters. The van der Waals surface area contributed by atoms with E-state index in [0.717, 1.165) is 0 Å². The van der Waals surface area contributed by atoms with E-state index < -0.39 is 0 Å². The van der Waals surface area contributed by atoms with Gasteiger partial charge in [0.05, 0.1) is 0 Å². The molecular weight excluding hydrogens is 123 g/mol. The molecule has 0 N–H and O–H groups in total. The van der Waals surface area contributed by atoms with Crippen LogP contribution in [0.3, 0.4) is 0 Å². The third kappa shape index (κ3) is 2.07. The van der Waals surface area contributed by atoms with Gasteiger partial charge in [-0.05, 0) is 0 Å².